The molecular weight excluding hydrogens is 354 g/mol. The molecule has 0 radical (unpaired) electrons. The van der Waals surface area contributed by atoms with Crippen molar-refractivity contribution in [1.82, 2.24) is 19.8 Å². The van der Waals surface area contributed by atoms with Crippen LogP contribution >= 0.6 is 0 Å². The molecule has 0 N–H and O–H groups in total. The van der Waals surface area contributed by atoms with Gasteiger partial charge in [-0.1, -0.05) is 0 Å². The quantitative estimate of drug-likeness (QED) is 0.786. The maximum atomic E-state index is 12.9. The predicted octanol–water partition coefficient (Wildman–Crippen LogP) is 1.63. The van der Waals surface area contributed by atoms with E-state index in [4.69, 9.17) is 9.72 Å². The number of nitrogens with zero attached hydrogens (tertiary/aromatic N) is 5. The molecule has 1 atom stereocenters. The average Bonchev–Trinajstić information content (AvgIpc) is 2.76. The standard InChI is InChI=1S/C21H33N5O2/c1-16-14-22-17(2)20(23-16)24-8-5-19(6-9-24)26-7-3-4-18(15-26)21(27)25-10-12-28-13-11-25/h14,18-19H,3-13,15H2,1-2H3/t18-/m1/s1. The van der Waals surface area contributed by atoms with Crippen molar-refractivity contribution in [1.29, 1.82) is 0 Å². The van der Waals surface area contributed by atoms with Gasteiger partial charge in [0, 0.05) is 45.0 Å². The summed E-state index contributed by atoms with van der Waals surface area (Å²) < 4.78 is 5.40. The molecule has 1 aromatic heterocycles. The molecular formula is C21H33N5O2. The summed E-state index contributed by atoms with van der Waals surface area (Å²) >= 11 is 0. The number of aromatic nitrogens is 2. The molecule has 3 aliphatic heterocycles. The smallest absolute Gasteiger partial charge is 0.227 e. The van der Waals surface area contributed by atoms with Crippen LogP contribution in [0.1, 0.15) is 37.1 Å². The molecule has 0 unspecified atom stereocenters. The van der Waals surface area contributed by atoms with Gasteiger partial charge in [0.1, 0.15) is 5.82 Å². The van der Waals surface area contributed by atoms with E-state index in [0.29, 0.717) is 25.2 Å². The first-order valence-electron chi connectivity index (χ1n) is 10.8. The van der Waals surface area contributed by atoms with Crippen LogP contribution < -0.4 is 4.90 Å². The minimum atomic E-state index is 0.162. The van der Waals surface area contributed by atoms with Gasteiger partial charge in [-0.3, -0.25) is 14.7 Å². The van der Waals surface area contributed by atoms with Gasteiger partial charge >= 0.3 is 0 Å². The molecule has 0 saturated carbocycles. The molecule has 3 fully saturated rings. The Kier molecular flexibility index (Phi) is 6.11. The number of hydrogen-bond acceptors (Lipinski definition) is 6. The van der Waals surface area contributed by atoms with Crippen molar-refractivity contribution < 1.29 is 9.53 Å². The molecule has 1 aromatic rings. The number of anilines is 1. The van der Waals surface area contributed by atoms with Crippen LogP contribution in [0, 0.1) is 19.8 Å². The van der Waals surface area contributed by atoms with E-state index in [1.165, 1.54) is 0 Å². The second kappa shape index (κ2) is 8.74. The summed E-state index contributed by atoms with van der Waals surface area (Å²) in [6.07, 6.45) is 6.26. The molecule has 28 heavy (non-hydrogen) atoms. The number of hydrogen-bond donors (Lipinski definition) is 0. The van der Waals surface area contributed by atoms with Gasteiger partial charge < -0.3 is 14.5 Å². The third kappa shape index (κ3) is 4.30. The fraction of sp³-hybridized carbons (Fsp3) is 0.762. The summed E-state index contributed by atoms with van der Waals surface area (Å²) in [5.74, 6) is 1.54. The van der Waals surface area contributed by atoms with Gasteiger partial charge in [0.25, 0.3) is 0 Å². The third-order valence-corrected chi connectivity index (χ3v) is 6.46. The van der Waals surface area contributed by atoms with Crippen molar-refractivity contribution >= 4 is 11.7 Å². The van der Waals surface area contributed by atoms with Crippen LogP contribution in [0.25, 0.3) is 0 Å². The lowest BCUT2D eigenvalue weighted by Gasteiger charge is -2.43. The molecule has 1 amide bonds. The molecule has 4 rings (SSSR count). The maximum Gasteiger partial charge on any atom is 0.227 e. The predicted molar refractivity (Wildman–Crippen MR) is 108 cm³/mol. The van der Waals surface area contributed by atoms with E-state index in [2.05, 4.69) is 14.8 Å². The highest BCUT2D eigenvalue weighted by Gasteiger charge is 2.34. The van der Waals surface area contributed by atoms with E-state index in [-0.39, 0.29) is 5.92 Å². The Bertz CT molecular complexity index is 683. The lowest BCUT2D eigenvalue weighted by atomic mass is 9.92. The Morgan fingerprint density at radius 2 is 1.82 bits per heavy atom. The normalized spacial score (nSPS) is 25.1. The molecule has 7 heteroatoms. The summed E-state index contributed by atoms with van der Waals surface area (Å²) in [7, 11) is 0. The molecule has 3 aliphatic rings. The Morgan fingerprint density at radius 3 is 2.57 bits per heavy atom. The SMILES string of the molecule is Cc1cnc(C)c(N2CCC(N3CCC[C@@H](C(=O)N4CCOCC4)C3)CC2)n1. The molecule has 3 saturated heterocycles. The average molecular weight is 388 g/mol. The van der Waals surface area contributed by atoms with E-state index in [9.17, 15) is 4.79 Å². The van der Waals surface area contributed by atoms with Crippen LogP contribution in [0.4, 0.5) is 5.82 Å². The van der Waals surface area contributed by atoms with Gasteiger partial charge in [-0.25, -0.2) is 4.98 Å². The zero-order chi connectivity index (χ0) is 19.5. The second-order valence-corrected chi connectivity index (χ2v) is 8.41. The second-order valence-electron chi connectivity index (χ2n) is 8.41. The molecule has 0 aliphatic carbocycles. The molecule has 0 bridgehead atoms. The fourth-order valence-corrected chi connectivity index (χ4v) is 4.85. The van der Waals surface area contributed by atoms with Crippen molar-refractivity contribution in [3.05, 3.63) is 17.6 Å². The van der Waals surface area contributed by atoms with Crippen molar-refractivity contribution in [3.8, 4) is 0 Å². The lowest BCUT2D eigenvalue weighted by Crippen LogP contribution is -2.52. The summed E-state index contributed by atoms with van der Waals surface area (Å²) in [5.41, 5.74) is 1.99. The number of rotatable bonds is 3. The van der Waals surface area contributed by atoms with E-state index >= 15 is 0 Å². The molecule has 4 heterocycles. The van der Waals surface area contributed by atoms with Crippen molar-refractivity contribution in [2.24, 2.45) is 5.92 Å². The molecule has 0 spiro atoms. The fourth-order valence-electron chi connectivity index (χ4n) is 4.85. The number of aryl methyl sites for hydroxylation is 2. The van der Waals surface area contributed by atoms with Crippen LogP contribution in [0.2, 0.25) is 0 Å². The number of piperidine rings is 2. The number of morpholine rings is 1. The minimum Gasteiger partial charge on any atom is -0.378 e. The number of carbonyl (C=O) groups excluding carboxylic acids is 1. The van der Waals surface area contributed by atoms with Gasteiger partial charge in [-0.05, 0) is 46.1 Å². The van der Waals surface area contributed by atoms with E-state index in [1.807, 2.05) is 24.9 Å². The highest BCUT2D eigenvalue weighted by Crippen LogP contribution is 2.27. The van der Waals surface area contributed by atoms with Crippen molar-refractivity contribution in [2.45, 2.75) is 45.6 Å². The van der Waals surface area contributed by atoms with Crippen LogP contribution in [-0.4, -0.2) is 84.2 Å². The van der Waals surface area contributed by atoms with Gasteiger partial charge in [-0.15, -0.1) is 0 Å². The Morgan fingerprint density at radius 1 is 1.07 bits per heavy atom. The van der Waals surface area contributed by atoms with Crippen LogP contribution in [0.5, 0.6) is 0 Å². The third-order valence-electron chi connectivity index (χ3n) is 6.46. The Balaban J connectivity index is 1.33. The Labute approximate surface area is 168 Å². The Hall–Kier alpha value is -1.73. The zero-order valence-electron chi connectivity index (χ0n) is 17.3. The van der Waals surface area contributed by atoms with E-state index < -0.39 is 0 Å². The summed E-state index contributed by atoms with van der Waals surface area (Å²) in [6.45, 7) is 11.0. The topological polar surface area (TPSA) is 61.8 Å². The number of ether oxygens (including phenoxy) is 1. The monoisotopic (exact) mass is 387 g/mol. The highest BCUT2D eigenvalue weighted by atomic mass is 16.5. The van der Waals surface area contributed by atoms with Gasteiger partial charge in [-0.2, -0.15) is 0 Å². The van der Waals surface area contributed by atoms with E-state index in [0.717, 1.165) is 82.2 Å². The first-order valence-corrected chi connectivity index (χ1v) is 10.8. The van der Waals surface area contributed by atoms with Crippen LogP contribution in [0.3, 0.4) is 0 Å². The summed E-state index contributed by atoms with van der Waals surface area (Å²) in [4.78, 5) is 29.1. The minimum absolute atomic E-state index is 0.162. The number of carbonyl (C=O) groups is 1. The molecule has 0 aromatic carbocycles. The summed E-state index contributed by atoms with van der Waals surface area (Å²) in [5, 5.41) is 0. The zero-order valence-corrected chi connectivity index (χ0v) is 17.3. The van der Waals surface area contributed by atoms with E-state index in [1.54, 1.807) is 0 Å². The van der Waals surface area contributed by atoms with Crippen LogP contribution in [0.15, 0.2) is 6.20 Å². The van der Waals surface area contributed by atoms with Crippen molar-refractivity contribution in [2.75, 3.05) is 57.4 Å². The first-order chi connectivity index (χ1) is 13.6. The van der Waals surface area contributed by atoms with Gasteiger partial charge in [0.2, 0.25) is 5.91 Å². The van der Waals surface area contributed by atoms with Crippen LogP contribution in [-0.2, 0) is 9.53 Å². The molecule has 154 valence electrons. The maximum absolute atomic E-state index is 12.9. The lowest BCUT2D eigenvalue weighted by molar-refractivity contribution is -0.141. The number of likely N-dealkylation sites (tertiary alicyclic amines) is 1. The highest BCUT2D eigenvalue weighted by molar-refractivity contribution is 5.79. The number of amides is 1. The summed E-state index contributed by atoms with van der Waals surface area (Å²) in [6, 6.07) is 0.578. The molecule has 7 nitrogen and oxygen atoms in total. The van der Waals surface area contributed by atoms with Gasteiger partial charge in [0.05, 0.1) is 30.5 Å². The van der Waals surface area contributed by atoms with Crippen molar-refractivity contribution in [3.63, 3.8) is 0 Å². The first kappa shape index (κ1) is 19.6. The van der Waals surface area contributed by atoms with Gasteiger partial charge in [0.15, 0.2) is 0 Å². The largest absolute Gasteiger partial charge is 0.378 e.